The molecule has 2 fully saturated rings. The first-order valence-electron chi connectivity index (χ1n) is 6.27. The van der Waals surface area contributed by atoms with Crippen LogP contribution < -0.4 is 4.90 Å². The Morgan fingerprint density at radius 1 is 1.18 bits per heavy atom. The molecule has 90 valence electrons. The van der Waals surface area contributed by atoms with Crippen molar-refractivity contribution in [3.05, 3.63) is 29.8 Å². The second kappa shape index (κ2) is 3.76. The Morgan fingerprint density at radius 2 is 1.88 bits per heavy atom. The van der Waals surface area contributed by atoms with Crippen LogP contribution >= 0.6 is 0 Å². The Bertz CT molecular complexity index is 434. The lowest BCUT2D eigenvalue weighted by atomic mass is 9.68. The quantitative estimate of drug-likeness (QED) is 0.850. The van der Waals surface area contributed by atoms with E-state index in [-0.39, 0.29) is 0 Å². The van der Waals surface area contributed by atoms with E-state index in [4.69, 9.17) is 5.11 Å². The second-order valence-corrected chi connectivity index (χ2v) is 5.38. The predicted molar refractivity (Wildman–Crippen MR) is 66.5 cm³/mol. The molecule has 1 N–H and O–H groups in total. The number of carboxylic acid groups (broad SMARTS) is 1. The van der Waals surface area contributed by atoms with Crippen molar-refractivity contribution in [2.45, 2.75) is 25.7 Å². The maximum atomic E-state index is 10.8. The average Bonchev–Trinajstić information content (AvgIpc) is 2.74. The Kier molecular flexibility index (Phi) is 2.35. The molecule has 0 unspecified atom stereocenters. The molecule has 0 radical (unpaired) electrons. The van der Waals surface area contributed by atoms with Crippen LogP contribution in [0.5, 0.6) is 0 Å². The Labute approximate surface area is 101 Å². The Morgan fingerprint density at radius 3 is 2.35 bits per heavy atom. The first kappa shape index (κ1) is 10.6. The van der Waals surface area contributed by atoms with E-state index in [0.29, 0.717) is 11.0 Å². The zero-order chi connectivity index (χ0) is 11.9. The van der Waals surface area contributed by atoms with E-state index in [1.807, 2.05) is 12.1 Å². The van der Waals surface area contributed by atoms with E-state index in [1.54, 1.807) is 12.1 Å². The molecule has 2 aliphatic rings. The summed E-state index contributed by atoms with van der Waals surface area (Å²) in [6, 6.07) is 7.26. The van der Waals surface area contributed by atoms with E-state index in [2.05, 4.69) is 4.90 Å². The second-order valence-electron chi connectivity index (χ2n) is 5.38. The molecule has 0 atom stereocenters. The first-order chi connectivity index (χ1) is 8.19. The van der Waals surface area contributed by atoms with Gasteiger partial charge >= 0.3 is 5.97 Å². The van der Waals surface area contributed by atoms with E-state index < -0.39 is 5.97 Å². The lowest BCUT2D eigenvalue weighted by Gasteiger charge is -2.38. The molecule has 1 aromatic carbocycles. The molecule has 3 nitrogen and oxygen atoms in total. The van der Waals surface area contributed by atoms with Crippen molar-refractivity contribution in [3.63, 3.8) is 0 Å². The van der Waals surface area contributed by atoms with Gasteiger partial charge in [-0.05, 0) is 48.9 Å². The molecule has 0 aromatic heterocycles. The minimum atomic E-state index is -0.853. The number of carbonyl (C=O) groups is 1. The fraction of sp³-hybridized carbons (Fsp3) is 0.500. The predicted octanol–water partition coefficient (Wildman–Crippen LogP) is 2.77. The minimum Gasteiger partial charge on any atom is -0.478 e. The van der Waals surface area contributed by atoms with Gasteiger partial charge in [0, 0.05) is 18.8 Å². The molecule has 1 aliphatic heterocycles. The lowest BCUT2D eigenvalue weighted by Crippen LogP contribution is -2.33. The number of aromatic carboxylic acids is 1. The average molecular weight is 231 g/mol. The van der Waals surface area contributed by atoms with Gasteiger partial charge in [0.05, 0.1) is 5.56 Å². The number of nitrogens with zero attached hydrogens (tertiary/aromatic N) is 1. The van der Waals surface area contributed by atoms with Gasteiger partial charge in [-0.15, -0.1) is 0 Å². The van der Waals surface area contributed by atoms with Crippen molar-refractivity contribution in [1.82, 2.24) is 0 Å². The van der Waals surface area contributed by atoms with Crippen LogP contribution in [-0.2, 0) is 0 Å². The Hall–Kier alpha value is -1.51. The molecule has 3 heteroatoms. The van der Waals surface area contributed by atoms with Gasteiger partial charge in [-0.3, -0.25) is 0 Å². The summed E-state index contributed by atoms with van der Waals surface area (Å²) in [5.74, 6) is -0.853. The van der Waals surface area contributed by atoms with Gasteiger partial charge in [0.25, 0.3) is 0 Å². The molecular weight excluding hydrogens is 214 g/mol. The number of anilines is 1. The highest BCUT2D eigenvalue weighted by molar-refractivity contribution is 5.88. The number of hydrogen-bond acceptors (Lipinski definition) is 2. The van der Waals surface area contributed by atoms with Crippen molar-refractivity contribution in [3.8, 4) is 0 Å². The zero-order valence-corrected chi connectivity index (χ0v) is 9.85. The van der Waals surface area contributed by atoms with E-state index in [1.165, 1.54) is 31.4 Å². The third kappa shape index (κ3) is 1.79. The molecule has 1 spiro atoms. The maximum Gasteiger partial charge on any atom is 0.335 e. The zero-order valence-electron chi connectivity index (χ0n) is 9.85. The van der Waals surface area contributed by atoms with Crippen LogP contribution in [0.2, 0.25) is 0 Å². The summed E-state index contributed by atoms with van der Waals surface area (Å²) in [4.78, 5) is 13.2. The van der Waals surface area contributed by atoms with Gasteiger partial charge in [-0.1, -0.05) is 6.42 Å². The molecule has 0 amide bonds. The Balaban J connectivity index is 1.74. The summed E-state index contributed by atoms with van der Waals surface area (Å²) in [5, 5.41) is 8.86. The van der Waals surface area contributed by atoms with Gasteiger partial charge in [-0.2, -0.15) is 0 Å². The summed E-state index contributed by atoms with van der Waals surface area (Å²) in [5.41, 5.74) is 2.12. The summed E-state index contributed by atoms with van der Waals surface area (Å²) in [6.07, 6.45) is 5.42. The van der Waals surface area contributed by atoms with Crippen molar-refractivity contribution in [1.29, 1.82) is 0 Å². The highest BCUT2D eigenvalue weighted by Crippen LogP contribution is 2.48. The molecule has 3 rings (SSSR count). The molecule has 1 aromatic rings. The van der Waals surface area contributed by atoms with Crippen molar-refractivity contribution < 1.29 is 9.90 Å². The molecule has 1 saturated carbocycles. The molecule has 1 saturated heterocycles. The van der Waals surface area contributed by atoms with Gasteiger partial charge in [0.2, 0.25) is 0 Å². The summed E-state index contributed by atoms with van der Waals surface area (Å²) in [7, 11) is 0. The fourth-order valence-electron chi connectivity index (χ4n) is 3.06. The van der Waals surface area contributed by atoms with Gasteiger partial charge < -0.3 is 10.0 Å². The van der Waals surface area contributed by atoms with Gasteiger partial charge in [0.1, 0.15) is 0 Å². The third-order valence-electron chi connectivity index (χ3n) is 4.33. The van der Waals surface area contributed by atoms with Crippen LogP contribution in [0.15, 0.2) is 24.3 Å². The first-order valence-corrected chi connectivity index (χ1v) is 6.27. The highest BCUT2D eigenvalue weighted by Gasteiger charge is 2.42. The topological polar surface area (TPSA) is 40.5 Å². The molecule has 17 heavy (non-hydrogen) atoms. The van der Waals surface area contributed by atoms with Crippen LogP contribution in [-0.4, -0.2) is 24.2 Å². The van der Waals surface area contributed by atoms with Crippen LogP contribution in [0.4, 0.5) is 5.69 Å². The minimum absolute atomic E-state index is 0.367. The normalized spacial score (nSPS) is 21.5. The third-order valence-corrected chi connectivity index (χ3v) is 4.33. The van der Waals surface area contributed by atoms with Crippen molar-refractivity contribution in [2.24, 2.45) is 5.41 Å². The van der Waals surface area contributed by atoms with Crippen molar-refractivity contribution in [2.75, 3.05) is 18.0 Å². The SMILES string of the molecule is O=C(O)c1ccc(N2CCC3(CCC3)C2)cc1. The highest BCUT2D eigenvalue weighted by atomic mass is 16.4. The number of carboxylic acids is 1. The van der Waals surface area contributed by atoms with E-state index in [9.17, 15) is 4.79 Å². The summed E-state index contributed by atoms with van der Waals surface area (Å²) in [6.45, 7) is 2.27. The van der Waals surface area contributed by atoms with Crippen LogP contribution in [0.3, 0.4) is 0 Å². The van der Waals surface area contributed by atoms with Crippen LogP contribution in [0.1, 0.15) is 36.0 Å². The summed E-state index contributed by atoms with van der Waals surface area (Å²) < 4.78 is 0. The van der Waals surface area contributed by atoms with Gasteiger partial charge in [-0.25, -0.2) is 4.79 Å². The van der Waals surface area contributed by atoms with E-state index in [0.717, 1.165) is 13.1 Å². The van der Waals surface area contributed by atoms with Gasteiger partial charge in [0.15, 0.2) is 0 Å². The summed E-state index contributed by atoms with van der Waals surface area (Å²) >= 11 is 0. The molecule has 0 bridgehead atoms. The molecule has 1 aliphatic carbocycles. The smallest absolute Gasteiger partial charge is 0.335 e. The molecular formula is C14H17NO2. The standard InChI is InChI=1S/C14H17NO2/c16-13(17)11-2-4-12(5-3-11)15-9-8-14(10-15)6-1-7-14/h2-5H,1,6-10H2,(H,16,17). The lowest BCUT2D eigenvalue weighted by molar-refractivity contribution is 0.0697. The van der Waals surface area contributed by atoms with Crippen LogP contribution in [0.25, 0.3) is 0 Å². The number of rotatable bonds is 2. The van der Waals surface area contributed by atoms with E-state index >= 15 is 0 Å². The number of hydrogen-bond donors (Lipinski definition) is 1. The monoisotopic (exact) mass is 231 g/mol. The van der Waals surface area contributed by atoms with Crippen molar-refractivity contribution >= 4 is 11.7 Å². The fourth-order valence-corrected chi connectivity index (χ4v) is 3.06. The largest absolute Gasteiger partial charge is 0.478 e. The number of benzene rings is 1. The van der Waals surface area contributed by atoms with Crippen LogP contribution in [0, 0.1) is 5.41 Å². The molecule has 1 heterocycles. The maximum absolute atomic E-state index is 10.8.